The SMILES string of the molecule is CCBr.CCCc1nc2c(C)cc(-c3nc4c(n3C)CCC=C4)cc2[nH]1. The highest BCUT2D eigenvalue weighted by Gasteiger charge is 2.17. The molecule has 4 rings (SSSR count). The van der Waals surface area contributed by atoms with Crippen LogP contribution in [-0.2, 0) is 19.9 Å². The number of nitrogens with one attached hydrogen (secondary N) is 1. The van der Waals surface area contributed by atoms with Crippen LogP contribution in [-0.4, -0.2) is 24.8 Å². The number of imidazole rings is 2. The minimum atomic E-state index is 0.991. The molecule has 0 aliphatic heterocycles. The summed E-state index contributed by atoms with van der Waals surface area (Å²) in [5, 5.41) is 1.06. The van der Waals surface area contributed by atoms with Gasteiger partial charge < -0.3 is 9.55 Å². The van der Waals surface area contributed by atoms with Crippen LogP contribution in [0.2, 0.25) is 0 Å². The molecule has 5 heteroatoms. The highest BCUT2D eigenvalue weighted by Crippen LogP contribution is 2.29. The second-order valence-electron chi connectivity index (χ2n) is 6.66. The monoisotopic (exact) mass is 414 g/mol. The Balaban J connectivity index is 0.000000613. The van der Waals surface area contributed by atoms with E-state index in [2.05, 4.69) is 70.7 Å². The van der Waals surface area contributed by atoms with E-state index >= 15 is 0 Å². The van der Waals surface area contributed by atoms with Crippen LogP contribution < -0.4 is 0 Å². The topological polar surface area (TPSA) is 46.5 Å². The van der Waals surface area contributed by atoms with E-state index in [1.807, 2.05) is 6.92 Å². The summed E-state index contributed by atoms with van der Waals surface area (Å²) in [6, 6.07) is 4.39. The standard InChI is InChI=1S/C19H22N4.C2H5Br/c1-4-7-17-20-15-11-13(10-12(2)18(15)22-17)19-21-14-8-5-6-9-16(14)23(19)3;1-2-3/h5,8,10-11H,4,6-7,9H2,1-3H3,(H,20,22);2H2,1H3. The van der Waals surface area contributed by atoms with Crippen molar-refractivity contribution >= 4 is 33.0 Å². The predicted molar refractivity (Wildman–Crippen MR) is 114 cm³/mol. The molecule has 0 spiro atoms. The van der Waals surface area contributed by atoms with Gasteiger partial charge in [0.25, 0.3) is 0 Å². The molecule has 3 aromatic rings. The van der Waals surface area contributed by atoms with Crippen molar-refractivity contribution < 1.29 is 0 Å². The van der Waals surface area contributed by atoms with E-state index in [0.717, 1.165) is 65.0 Å². The quantitative estimate of drug-likeness (QED) is 0.568. The predicted octanol–water partition coefficient (Wildman–Crippen LogP) is 5.58. The van der Waals surface area contributed by atoms with Crippen molar-refractivity contribution in [1.82, 2.24) is 19.5 Å². The summed E-state index contributed by atoms with van der Waals surface area (Å²) >= 11 is 3.15. The van der Waals surface area contributed by atoms with E-state index in [9.17, 15) is 0 Å². The first-order valence-electron chi connectivity index (χ1n) is 9.36. The third-order valence-electron chi connectivity index (χ3n) is 4.64. The third kappa shape index (κ3) is 3.63. The number of hydrogen-bond donors (Lipinski definition) is 1. The lowest BCUT2D eigenvalue weighted by Gasteiger charge is -2.08. The Morgan fingerprint density at radius 2 is 2.00 bits per heavy atom. The van der Waals surface area contributed by atoms with Crippen LogP contribution in [0.5, 0.6) is 0 Å². The fraction of sp³-hybridized carbons (Fsp3) is 0.429. The van der Waals surface area contributed by atoms with Crippen molar-refractivity contribution in [3.05, 3.63) is 41.0 Å². The fourth-order valence-corrected chi connectivity index (χ4v) is 3.48. The second kappa shape index (κ2) is 8.21. The van der Waals surface area contributed by atoms with Crippen LogP contribution in [0, 0.1) is 6.92 Å². The van der Waals surface area contributed by atoms with Gasteiger partial charge >= 0.3 is 0 Å². The molecule has 0 amide bonds. The average molecular weight is 415 g/mol. The van der Waals surface area contributed by atoms with Gasteiger partial charge in [0.1, 0.15) is 11.6 Å². The Labute approximate surface area is 163 Å². The number of hydrogen-bond acceptors (Lipinski definition) is 2. The largest absolute Gasteiger partial charge is 0.342 e. The molecular formula is C21H27BrN4. The van der Waals surface area contributed by atoms with Crippen molar-refractivity contribution in [3.63, 3.8) is 0 Å². The van der Waals surface area contributed by atoms with Crippen LogP contribution in [0.25, 0.3) is 28.5 Å². The highest BCUT2D eigenvalue weighted by atomic mass is 79.9. The van der Waals surface area contributed by atoms with E-state index in [-0.39, 0.29) is 0 Å². The van der Waals surface area contributed by atoms with E-state index < -0.39 is 0 Å². The minimum absolute atomic E-state index is 0.991. The van der Waals surface area contributed by atoms with E-state index in [1.165, 1.54) is 11.3 Å². The smallest absolute Gasteiger partial charge is 0.140 e. The van der Waals surface area contributed by atoms with Gasteiger partial charge in [0, 0.05) is 30.1 Å². The van der Waals surface area contributed by atoms with Gasteiger partial charge in [-0.15, -0.1) is 0 Å². The van der Waals surface area contributed by atoms with Crippen molar-refractivity contribution in [2.24, 2.45) is 7.05 Å². The number of benzene rings is 1. The first-order valence-corrected chi connectivity index (χ1v) is 10.5. The van der Waals surface area contributed by atoms with E-state index in [1.54, 1.807) is 0 Å². The molecule has 0 fully saturated rings. The lowest BCUT2D eigenvalue weighted by Crippen LogP contribution is -2.01. The number of rotatable bonds is 3. The summed E-state index contributed by atoms with van der Waals surface area (Å²) in [7, 11) is 2.12. The molecule has 0 unspecified atom stereocenters. The molecule has 0 bridgehead atoms. The lowest BCUT2D eigenvalue weighted by atomic mass is 10.1. The Morgan fingerprint density at radius 1 is 1.23 bits per heavy atom. The summed E-state index contributed by atoms with van der Waals surface area (Å²) in [5.74, 6) is 2.11. The maximum atomic E-state index is 4.85. The van der Waals surface area contributed by atoms with Crippen LogP contribution in [0.4, 0.5) is 0 Å². The summed E-state index contributed by atoms with van der Waals surface area (Å²) in [5.41, 5.74) is 7.00. The molecular weight excluding hydrogens is 388 g/mol. The van der Waals surface area contributed by atoms with E-state index in [0.29, 0.717) is 0 Å². The molecule has 0 radical (unpaired) electrons. The zero-order chi connectivity index (χ0) is 18.7. The molecule has 0 saturated heterocycles. The second-order valence-corrected chi connectivity index (χ2v) is 7.78. The van der Waals surface area contributed by atoms with Gasteiger partial charge in [0.2, 0.25) is 0 Å². The molecule has 26 heavy (non-hydrogen) atoms. The first kappa shape index (κ1) is 18.9. The summed E-state index contributed by atoms with van der Waals surface area (Å²) in [6.45, 7) is 6.35. The number of aryl methyl sites for hydroxylation is 2. The summed E-state index contributed by atoms with van der Waals surface area (Å²) < 4.78 is 2.24. The number of aromatic nitrogens is 4. The van der Waals surface area contributed by atoms with Gasteiger partial charge in [-0.1, -0.05) is 35.9 Å². The van der Waals surface area contributed by atoms with Crippen molar-refractivity contribution in [2.75, 3.05) is 5.33 Å². The zero-order valence-corrected chi connectivity index (χ0v) is 17.7. The Hall–Kier alpha value is -1.88. The minimum Gasteiger partial charge on any atom is -0.342 e. The zero-order valence-electron chi connectivity index (χ0n) is 16.1. The molecule has 1 N–H and O–H groups in total. The van der Waals surface area contributed by atoms with Gasteiger partial charge in [-0.2, -0.15) is 0 Å². The Bertz CT molecular complexity index is 933. The van der Waals surface area contributed by atoms with Gasteiger partial charge in [-0.05, 0) is 50.0 Å². The molecule has 0 saturated carbocycles. The van der Waals surface area contributed by atoms with Crippen molar-refractivity contribution in [1.29, 1.82) is 0 Å². The number of allylic oxidation sites excluding steroid dienone is 1. The van der Waals surface area contributed by atoms with Crippen molar-refractivity contribution in [3.8, 4) is 11.4 Å². The molecule has 138 valence electrons. The summed E-state index contributed by atoms with van der Waals surface area (Å²) in [4.78, 5) is 13.1. The van der Waals surface area contributed by atoms with Crippen LogP contribution >= 0.6 is 15.9 Å². The van der Waals surface area contributed by atoms with Gasteiger partial charge in [-0.3, -0.25) is 0 Å². The summed E-state index contributed by atoms with van der Waals surface area (Å²) in [6.07, 6.45) is 8.62. The number of H-pyrrole nitrogens is 1. The maximum Gasteiger partial charge on any atom is 0.140 e. The first-order chi connectivity index (χ1) is 12.6. The van der Waals surface area contributed by atoms with E-state index in [4.69, 9.17) is 9.97 Å². The molecule has 1 aliphatic rings. The number of nitrogens with zero attached hydrogens (tertiary/aromatic N) is 3. The number of halogens is 1. The van der Waals surface area contributed by atoms with Gasteiger partial charge in [0.05, 0.1) is 16.7 Å². The third-order valence-corrected chi connectivity index (χ3v) is 4.64. The molecule has 0 atom stereocenters. The average Bonchev–Trinajstić information content (AvgIpc) is 3.18. The number of aromatic amines is 1. The molecule has 1 aromatic carbocycles. The number of fused-ring (bicyclic) bond motifs is 2. The lowest BCUT2D eigenvalue weighted by molar-refractivity contribution is 0.808. The molecule has 2 heterocycles. The van der Waals surface area contributed by atoms with Crippen LogP contribution in [0.15, 0.2) is 18.2 Å². The highest BCUT2D eigenvalue weighted by molar-refractivity contribution is 9.09. The van der Waals surface area contributed by atoms with Crippen LogP contribution in [0.1, 0.15) is 49.5 Å². The van der Waals surface area contributed by atoms with Gasteiger partial charge in [0.15, 0.2) is 0 Å². The number of alkyl halides is 1. The maximum absolute atomic E-state index is 4.85. The Morgan fingerprint density at radius 3 is 2.69 bits per heavy atom. The Kier molecular flexibility index (Phi) is 5.97. The molecule has 1 aliphatic carbocycles. The van der Waals surface area contributed by atoms with Crippen LogP contribution in [0.3, 0.4) is 0 Å². The molecule has 4 nitrogen and oxygen atoms in total. The molecule has 2 aromatic heterocycles. The normalized spacial score (nSPS) is 12.8. The van der Waals surface area contributed by atoms with Gasteiger partial charge in [-0.25, -0.2) is 9.97 Å². The van der Waals surface area contributed by atoms with Crippen molar-refractivity contribution in [2.45, 2.75) is 46.5 Å². The fourth-order valence-electron chi connectivity index (χ4n) is 3.48.